The lowest BCUT2D eigenvalue weighted by molar-refractivity contribution is -0.139. The molecule has 0 rings (SSSR count). The Balaban J connectivity index is 0. The van der Waals surface area contributed by atoms with Crippen LogP contribution in [0.25, 0.3) is 0 Å². The number of nitrogens with one attached hydrogen (secondary N) is 1. The fraction of sp³-hybridized carbons (Fsp3) is 0.778. The van der Waals surface area contributed by atoms with E-state index in [1.54, 1.807) is 6.92 Å². The van der Waals surface area contributed by atoms with Crippen LogP contribution < -0.4 is 5.32 Å². The minimum atomic E-state index is -0.481. The van der Waals surface area contributed by atoms with E-state index in [4.69, 9.17) is 9.47 Å². The summed E-state index contributed by atoms with van der Waals surface area (Å²) in [5.41, 5.74) is 0.601. The van der Waals surface area contributed by atoms with E-state index in [2.05, 4.69) is 46.5 Å². The van der Waals surface area contributed by atoms with Crippen LogP contribution >= 0.6 is 0 Å². The van der Waals surface area contributed by atoms with Crippen LogP contribution in [0, 0.1) is 10.8 Å². The van der Waals surface area contributed by atoms with Crippen molar-refractivity contribution in [3.8, 4) is 0 Å². The van der Waals surface area contributed by atoms with Crippen molar-refractivity contribution in [1.82, 2.24) is 5.32 Å². The summed E-state index contributed by atoms with van der Waals surface area (Å²) in [6.07, 6.45) is 2.63. The molecular formula is C18H35NO4. The van der Waals surface area contributed by atoms with Gasteiger partial charge in [0, 0.05) is 13.5 Å². The van der Waals surface area contributed by atoms with Crippen LogP contribution in [0.3, 0.4) is 0 Å². The molecule has 0 spiro atoms. The predicted molar refractivity (Wildman–Crippen MR) is 94.3 cm³/mol. The van der Waals surface area contributed by atoms with Crippen molar-refractivity contribution >= 4 is 12.1 Å². The van der Waals surface area contributed by atoms with Crippen LogP contribution in [0.5, 0.6) is 0 Å². The third-order valence-electron chi connectivity index (χ3n) is 4.27. The maximum absolute atomic E-state index is 11.7. The number of hydrogen-bond donors (Lipinski definition) is 1. The summed E-state index contributed by atoms with van der Waals surface area (Å²) in [5.74, 6) is -0.477. The lowest BCUT2D eigenvalue weighted by Gasteiger charge is -2.36. The topological polar surface area (TPSA) is 64.6 Å². The molecule has 136 valence electrons. The molecular weight excluding hydrogens is 294 g/mol. The normalized spacial score (nSPS) is 13.8. The summed E-state index contributed by atoms with van der Waals surface area (Å²) in [5, 5.41) is 2.81. The molecule has 5 nitrogen and oxygen atoms in total. The Bertz CT molecular complexity index is 423. The van der Waals surface area contributed by atoms with Gasteiger partial charge in [-0.25, -0.2) is 9.59 Å². The van der Waals surface area contributed by atoms with E-state index < -0.39 is 12.1 Å². The number of rotatable bonds is 10. The molecule has 0 aromatic carbocycles. The van der Waals surface area contributed by atoms with E-state index in [-0.39, 0.29) is 25.5 Å². The zero-order chi connectivity index (χ0) is 18.1. The lowest BCUT2D eigenvalue weighted by atomic mass is 9.71. The Morgan fingerprint density at radius 2 is 1.65 bits per heavy atom. The summed E-state index contributed by atoms with van der Waals surface area (Å²) < 4.78 is 9.87. The van der Waals surface area contributed by atoms with Gasteiger partial charge in [0.2, 0.25) is 0 Å². The zero-order valence-corrected chi connectivity index (χ0v) is 15.6. The van der Waals surface area contributed by atoms with E-state index in [1.165, 1.54) is 0 Å². The van der Waals surface area contributed by atoms with Crippen molar-refractivity contribution in [3.63, 3.8) is 0 Å². The van der Waals surface area contributed by atoms with Crippen molar-refractivity contribution in [2.24, 2.45) is 10.8 Å². The summed E-state index contributed by atoms with van der Waals surface area (Å²) in [6, 6.07) is 0. The number of esters is 1. The SMILES string of the molecule is C=C(C)C(=O)OCCOC(=O)NCC(C)(CC)CC(C)(C)CC.[HH]. The van der Waals surface area contributed by atoms with Crippen LogP contribution in [0.15, 0.2) is 12.2 Å². The summed E-state index contributed by atoms with van der Waals surface area (Å²) in [4.78, 5) is 22.9. The molecule has 5 heteroatoms. The highest BCUT2D eigenvalue weighted by atomic mass is 16.6. The van der Waals surface area contributed by atoms with E-state index in [9.17, 15) is 9.59 Å². The molecule has 0 saturated heterocycles. The Labute approximate surface area is 142 Å². The maximum atomic E-state index is 11.7. The second-order valence-electron chi connectivity index (χ2n) is 7.26. The largest absolute Gasteiger partial charge is 0.459 e. The fourth-order valence-electron chi connectivity index (χ4n) is 2.32. The molecule has 1 atom stereocenters. The minimum absolute atomic E-state index is 0. The molecule has 1 amide bonds. The highest BCUT2D eigenvalue weighted by Crippen LogP contribution is 2.37. The third-order valence-corrected chi connectivity index (χ3v) is 4.27. The Hall–Kier alpha value is -1.52. The molecule has 0 saturated carbocycles. The van der Waals surface area contributed by atoms with Gasteiger partial charge < -0.3 is 14.8 Å². The van der Waals surface area contributed by atoms with Crippen LogP contribution in [0.4, 0.5) is 4.79 Å². The van der Waals surface area contributed by atoms with Crippen molar-refractivity contribution < 1.29 is 20.5 Å². The number of alkyl carbamates (subject to hydrolysis) is 1. The van der Waals surface area contributed by atoms with E-state index in [0.717, 1.165) is 19.3 Å². The third kappa shape index (κ3) is 9.26. The van der Waals surface area contributed by atoms with Gasteiger partial charge >= 0.3 is 12.1 Å². The second-order valence-corrected chi connectivity index (χ2v) is 7.26. The smallest absolute Gasteiger partial charge is 0.407 e. The first-order valence-corrected chi connectivity index (χ1v) is 8.28. The number of carbonyl (C=O) groups is 2. The minimum Gasteiger partial charge on any atom is -0.459 e. The highest BCUT2D eigenvalue weighted by Gasteiger charge is 2.30. The molecule has 0 aromatic rings. The van der Waals surface area contributed by atoms with Crippen molar-refractivity contribution in [3.05, 3.63) is 12.2 Å². The Morgan fingerprint density at radius 1 is 1.09 bits per heavy atom. The zero-order valence-electron chi connectivity index (χ0n) is 15.6. The van der Waals surface area contributed by atoms with E-state index in [0.29, 0.717) is 12.1 Å². The standard InChI is InChI=1S/C18H33NO4.H2/c1-8-17(5,6)12-18(7,9-2)13-19-16(21)23-11-10-22-15(20)14(3)4;/h3,8-13H2,1-2,4-7H3,(H,19,21);1H. The molecule has 0 heterocycles. The van der Waals surface area contributed by atoms with Gasteiger partial charge in [-0.2, -0.15) is 0 Å². The maximum Gasteiger partial charge on any atom is 0.407 e. The number of hydrogen-bond acceptors (Lipinski definition) is 4. The first-order valence-electron chi connectivity index (χ1n) is 8.28. The molecule has 0 aromatic heterocycles. The first kappa shape index (κ1) is 21.5. The molecule has 1 N–H and O–H groups in total. The Morgan fingerprint density at radius 3 is 2.13 bits per heavy atom. The van der Waals surface area contributed by atoms with Gasteiger partial charge in [-0.15, -0.1) is 0 Å². The van der Waals surface area contributed by atoms with Gasteiger partial charge in [0.15, 0.2) is 0 Å². The molecule has 0 bridgehead atoms. The predicted octanol–water partition coefficient (Wildman–Crippen LogP) is 4.32. The molecule has 1 unspecified atom stereocenters. The van der Waals surface area contributed by atoms with Crippen molar-refractivity contribution in [2.75, 3.05) is 19.8 Å². The molecule has 0 aliphatic carbocycles. The Kier molecular flexibility index (Phi) is 8.95. The van der Waals surface area contributed by atoms with Gasteiger partial charge in [0.05, 0.1) is 0 Å². The van der Waals surface area contributed by atoms with Gasteiger partial charge in [-0.1, -0.05) is 47.6 Å². The van der Waals surface area contributed by atoms with Crippen LogP contribution in [-0.4, -0.2) is 31.8 Å². The lowest BCUT2D eigenvalue weighted by Crippen LogP contribution is -2.38. The number of amides is 1. The van der Waals surface area contributed by atoms with E-state index in [1.807, 2.05) is 0 Å². The van der Waals surface area contributed by atoms with E-state index >= 15 is 0 Å². The quantitative estimate of drug-likeness (QED) is 0.368. The van der Waals surface area contributed by atoms with Gasteiger partial charge in [-0.05, 0) is 30.6 Å². The van der Waals surface area contributed by atoms with Crippen molar-refractivity contribution in [1.29, 1.82) is 0 Å². The summed E-state index contributed by atoms with van der Waals surface area (Å²) in [7, 11) is 0. The first-order chi connectivity index (χ1) is 10.5. The van der Waals surface area contributed by atoms with Crippen LogP contribution in [-0.2, 0) is 14.3 Å². The number of ether oxygens (including phenoxy) is 2. The molecule has 0 aliphatic rings. The molecule has 0 radical (unpaired) electrons. The van der Waals surface area contributed by atoms with Crippen molar-refractivity contribution in [2.45, 2.75) is 60.8 Å². The van der Waals surface area contributed by atoms with Gasteiger partial charge in [-0.3, -0.25) is 0 Å². The molecule has 23 heavy (non-hydrogen) atoms. The van der Waals surface area contributed by atoms with Crippen LogP contribution in [0.2, 0.25) is 0 Å². The molecule has 0 fully saturated rings. The summed E-state index contributed by atoms with van der Waals surface area (Å²) in [6.45, 7) is 16.7. The summed E-state index contributed by atoms with van der Waals surface area (Å²) >= 11 is 0. The average Bonchev–Trinajstić information content (AvgIpc) is 2.48. The van der Waals surface area contributed by atoms with Crippen LogP contribution in [0.1, 0.15) is 62.2 Å². The average molecular weight is 329 g/mol. The monoisotopic (exact) mass is 329 g/mol. The fourth-order valence-corrected chi connectivity index (χ4v) is 2.32. The van der Waals surface area contributed by atoms with Gasteiger partial charge in [0.1, 0.15) is 13.2 Å². The van der Waals surface area contributed by atoms with Gasteiger partial charge in [0.25, 0.3) is 0 Å². The molecule has 0 aliphatic heterocycles. The highest BCUT2D eigenvalue weighted by molar-refractivity contribution is 5.86. The second kappa shape index (κ2) is 9.58. The number of carbonyl (C=O) groups excluding carboxylic acids is 2.